The first-order valence-corrected chi connectivity index (χ1v) is 14.7. The number of aliphatic hydroxyl groups is 5. The van der Waals surface area contributed by atoms with Gasteiger partial charge in [0.15, 0.2) is 12.5 Å². The summed E-state index contributed by atoms with van der Waals surface area (Å²) in [6, 6.07) is -0.890. The summed E-state index contributed by atoms with van der Waals surface area (Å²) in [6.45, 7) is -2.08. The van der Waals surface area contributed by atoms with Gasteiger partial charge in [-0.1, -0.05) is 0 Å². The first-order chi connectivity index (χ1) is 18.6. The van der Waals surface area contributed by atoms with Crippen LogP contribution in [0.3, 0.4) is 0 Å². The van der Waals surface area contributed by atoms with Crippen molar-refractivity contribution in [3.8, 4) is 0 Å². The van der Waals surface area contributed by atoms with Crippen LogP contribution in [0.1, 0.15) is 6.23 Å². The van der Waals surface area contributed by atoms with Crippen LogP contribution in [0.25, 0.3) is 0 Å². The van der Waals surface area contributed by atoms with Crippen molar-refractivity contribution >= 4 is 34.2 Å². The third-order valence-corrected chi connectivity index (χ3v) is 8.46. The van der Waals surface area contributed by atoms with Crippen LogP contribution in [0, 0.1) is 0 Å². The Morgan fingerprint density at radius 3 is 2.24 bits per heavy atom. The molecule has 2 unspecified atom stereocenters. The fraction of sp³-hybridized carbons (Fsp3) is 0.706. The molecular weight excluding hydrogens is 658 g/mol. The maximum absolute atomic E-state index is 12.3. The number of aromatic amines is 1. The van der Waals surface area contributed by atoms with Crippen LogP contribution in [0.2, 0.25) is 0 Å². The van der Waals surface area contributed by atoms with E-state index in [9.17, 15) is 58.8 Å². The topological polar surface area (TPSA) is 312 Å². The molecule has 42 heavy (non-hydrogen) atoms. The molecule has 0 aromatic carbocycles. The van der Waals surface area contributed by atoms with Crippen molar-refractivity contribution in [2.24, 2.45) is 0 Å². The summed E-state index contributed by atoms with van der Waals surface area (Å²) in [5.41, 5.74) is -1.79. The van der Waals surface area contributed by atoms with Crippen molar-refractivity contribution in [1.82, 2.24) is 14.9 Å². The van der Waals surface area contributed by atoms with E-state index in [1.54, 1.807) is 0 Å². The van der Waals surface area contributed by atoms with E-state index >= 15 is 0 Å². The molecule has 7 N–H and O–H groups in total. The summed E-state index contributed by atoms with van der Waals surface area (Å²) >= 11 is 3.69. The van der Waals surface area contributed by atoms with E-state index in [2.05, 4.69) is 31.3 Å². The van der Waals surface area contributed by atoms with Crippen molar-refractivity contribution in [2.75, 3.05) is 19.0 Å². The van der Waals surface area contributed by atoms with Crippen molar-refractivity contribution < 1.29 is 131 Å². The quantitative estimate of drug-likeness (QED) is 0.0610. The molecule has 3 rings (SSSR count). The molecular formula is C17H25N3Na2O17P2S. The fourth-order valence-electron chi connectivity index (χ4n) is 3.74. The molecule has 2 aliphatic heterocycles. The van der Waals surface area contributed by atoms with Crippen molar-refractivity contribution in [3.63, 3.8) is 0 Å². The average Bonchev–Trinajstić information content (AvgIpc) is 3.14. The van der Waals surface area contributed by atoms with Gasteiger partial charge in [0, 0.05) is 12.3 Å². The summed E-state index contributed by atoms with van der Waals surface area (Å²) in [7, 11) is -11.8. The van der Waals surface area contributed by atoms with E-state index in [4.69, 9.17) is 9.47 Å². The van der Waals surface area contributed by atoms with E-state index < -0.39 is 107 Å². The van der Waals surface area contributed by atoms with Gasteiger partial charge in [0.25, 0.3) is 21.2 Å². The maximum atomic E-state index is 12.3. The van der Waals surface area contributed by atoms with Crippen LogP contribution in [0.4, 0.5) is 0 Å². The van der Waals surface area contributed by atoms with Gasteiger partial charge in [-0.2, -0.15) is 12.6 Å². The van der Waals surface area contributed by atoms with Gasteiger partial charge in [-0.05, 0) is 0 Å². The van der Waals surface area contributed by atoms with Gasteiger partial charge < -0.3 is 54.6 Å². The normalized spacial score (nSPS) is 33.9. The number of nitrogens with zero attached hydrogens (tertiary/aromatic N) is 1. The number of carbonyl (C=O) groups is 1. The van der Waals surface area contributed by atoms with E-state index in [-0.39, 0.29) is 59.1 Å². The Balaban J connectivity index is 0.00000441. The van der Waals surface area contributed by atoms with E-state index in [0.29, 0.717) is 4.57 Å². The molecule has 20 nitrogen and oxygen atoms in total. The summed E-state index contributed by atoms with van der Waals surface area (Å²) in [4.78, 5) is 61.3. The van der Waals surface area contributed by atoms with Crippen LogP contribution in [-0.2, 0) is 36.8 Å². The number of phosphoric acid groups is 2. The van der Waals surface area contributed by atoms with Gasteiger partial charge in [0.05, 0.1) is 19.0 Å². The zero-order valence-electron chi connectivity index (χ0n) is 21.9. The van der Waals surface area contributed by atoms with Crippen LogP contribution in [0.5, 0.6) is 0 Å². The molecule has 3 heterocycles. The maximum Gasteiger partial charge on any atom is 1.00 e. The molecule has 0 radical (unpaired) electrons. The summed E-state index contributed by atoms with van der Waals surface area (Å²) in [5, 5.41) is 51.9. The zero-order valence-corrected chi connectivity index (χ0v) is 28.6. The number of hydrogen-bond donors (Lipinski definition) is 8. The summed E-state index contributed by atoms with van der Waals surface area (Å²) < 4.78 is 48.4. The third-order valence-electron chi connectivity index (χ3n) is 5.64. The third kappa shape index (κ3) is 10.2. The molecule has 0 bridgehead atoms. The summed E-state index contributed by atoms with van der Waals surface area (Å²) in [5.74, 6) is -1.33. The molecule has 0 spiro atoms. The van der Waals surface area contributed by atoms with Crippen molar-refractivity contribution in [1.29, 1.82) is 0 Å². The van der Waals surface area contributed by atoms with E-state index in [0.717, 1.165) is 12.3 Å². The summed E-state index contributed by atoms with van der Waals surface area (Å²) in [6.07, 6.45) is -13.6. The first-order valence-electron chi connectivity index (χ1n) is 11.1. The molecule has 2 aliphatic rings. The number of phosphoric ester groups is 2. The standard InChI is InChI=1S/C17H27N3O17P2S.2Na/c21-3-6-11(24)13(26)10(18-9(23)5-40)16(35-6)36-39(31,32)37-38(29,30)33-4-7-12(25)14(27)15(34-7)20-2-1-8(22)19-17(20)28;;/h1-2,6-7,10-16,21,24-27,40H,3-5H2,(H,18,23)(H,29,30)(H,31,32)(H,19,22,28);;/q;2*+1/p-2/t6-,7-,10-,11+,12-,13-,14-,15-,16-;;/m1../s1. The van der Waals surface area contributed by atoms with Gasteiger partial charge in [0.2, 0.25) is 5.91 Å². The average molecular weight is 683 g/mol. The zero-order chi connectivity index (χ0) is 30.0. The number of carbonyl (C=O) groups excluding carboxylic acids is 1. The molecule has 2 saturated heterocycles. The number of ether oxygens (including phenoxy) is 2. The van der Waals surface area contributed by atoms with E-state index in [1.807, 2.05) is 4.98 Å². The predicted octanol–water partition coefficient (Wildman–Crippen LogP) is -12.0. The van der Waals surface area contributed by atoms with Crippen molar-refractivity contribution in [2.45, 2.75) is 55.2 Å². The number of hydrogen-bond acceptors (Lipinski definition) is 18. The number of amides is 1. The monoisotopic (exact) mass is 683 g/mol. The Bertz CT molecular complexity index is 1270. The Morgan fingerprint density at radius 2 is 1.67 bits per heavy atom. The molecule has 1 aromatic heterocycles. The SMILES string of the molecule is O=C(CS)N[C@H]1[C@@H](OP(=O)([O-])OP(=O)([O-])OC[C@H]2O[C@@H](n3ccc(=O)[nH]c3=O)[C@H](O)[C@@H]2O)O[C@H](CO)[C@H](O)[C@@H]1O.[Na+].[Na+]. The molecule has 228 valence electrons. The van der Waals surface area contributed by atoms with Crippen LogP contribution in [-0.4, -0.2) is 109 Å². The van der Waals surface area contributed by atoms with Gasteiger partial charge in [-0.3, -0.25) is 32.8 Å². The second-order valence-corrected chi connectivity index (χ2v) is 11.6. The first kappa shape index (κ1) is 40.5. The fourth-order valence-corrected chi connectivity index (χ4v) is 5.92. The van der Waals surface area contributed by atoms with Gasteiger partial charge in [0.1, 0.15) is 42.7 Å². The van der Waals surface area contributed by atoms with Crippen LogP contribution >= 0.6 is 28.3 Å². The largest absolute Gasteiger partial charge is 1.00 e. The smallest absolute Gasteiger partial charge is 0.756 e. The number of thiol groups is 1. The van der Waals surface area contributed by atoms with E-state index in [1.165, 1.54) is 0 Å². The Labute approximate surface area is 285 Å². The molecule has 11 atom stereocenters. The molecule has 0 saturated carbocycles. The number of aliphatic hydroxyl groups excluding tert-OH is 5. The minimum Gasteiger partial charge on any atom is -0.756 e. The predicted molar refractivity (Wildman–Crippen MR) is 124 cm³/mol. The second-order valence-electron chi connectivity index (χ2n) is 8.40. The number of aromatic nitrogens is 2. The molecule has 1 aromatic rings. The molecule has 2 fully saturated rings. The second kappa shape index (κ2) is 16.9. The molecule has 0 aliphatic carbocycles. The number of rotatable bonds is 11. The molecule has 25 heteroatoms. The Morgan fingerprint density at radius 1 is 1.05 bits per heavy atom. The van der Waals surface area contributed by atoms with Crippen molar-refractivity contribution in [3.05, 3.63) is 33.1 Å². The van der Waals surface area contributed by atoms with Gasteiger partial charge in [-0.25, -0.2) is 9.11 Å². The minimum absolute atomic E-state index is 0. The Hall–Kier alpha value is 0.480. The van der Waals surface area contributed by atoms with Gasteiger partial charge >= 0.3 is 64.8 Å². The van der Waals surface area contributed by atoms with Gasteiger partial charge in [-0.15, -0.1) is 0 Å². The Kier molecular flexibility index (Phi) is 16.3. The van der Waals surface area contributed by atoms with Crippen LogP contribution < -0.4 is 85.5 Å². The van der Waals surface area contributed by atoms with Crippen LogP contribution in [0.15, 0.2) is 21.9 Å². The molecule has 1 amide bonds. The number of nitrogens with one attached hydrogen (secondary N) is 2. The number of H-pyrrole nitrogens is 1. The minimum atomic E-state index is -5.97.